The predicted octanol–water partition coefficient (Wildman–Crippen LogP) is 1.04. The van der Waals surface area contributed by atoms with Crippen molar-refractivity contribution in [1.29, 1.82) is 0 Å². The highest BCUT2D eigenvalue weighted by atomic mass is 32.2. The van der Waals surface area contributed by atoms with E-state index in [4.69, 9.17) is 0 Å². The summed E-state index contributed by atoms with van der Waals surface area (Å²) in [6.07, 6.45) is 3.47. The molecule has 0 unspecified atom stereocenters. The first-order chi connectivity index (χ1) is 11.7. The first kappa shape index (κ1) is 18.2. The van der Waals surface area contributed by atoms with E-state index in [1.54, 1.807) is 18.4 Å². The van der Waals surface area contributed by atoms with Crippen molar-refractivity contribution in [1.82, 2.24) is 28.1 Å². The third-order valence-electron chi connectivity index (χ3n) is 4.49. The zero-order chi connectivity index (χ0) is 18.4. The molecule has 0 saturated carbocycles. The van der Waals surface area contributed by atoms with Crippen LogP contribution in [0.25, 0.3) is 5.65 Å². The van der Waals surface area contributed by atoms with Crippen LogP contribution in [0.1, 0.15) is 35.8 Å². The number of aryl methyl sites for hydroxylation is 1. The van der Waals surface area contributed by atoms with Crippen molar-refractivity contribution < 1.29 is 8.42 Å². The zero-order valence-electron chi connectivity index (χ0n) is 15.5. The van der Waals surface area contributed by atoms with Crippen molar-refractivity contribution in [2.75, 3.05) is 34.7 Å². The highest BCUT2D eigenvalue weighted by molar-refractivity contribution is 7.86. The lowest BCUT2D eigenvalue weighted by molar-refractivity contribution is 0.345. The fourth-order valence-electron chi connectivity index (χ4n) is 3.42. The smallest absolute Gasteiger partial charge is 0.282 e. The second-order valence-corrected chi connectivity index (χ2v) is 9.12. The molecule has 138 valence electrons. The van der Waals surface area contributed by atoms with E-state index in [0.717, 1.165) is 35.4 Å². The molecule has 1 saturated heterocycles. The van der Waals surface area contributed by atoms with Gasteiger partial charge in [-0.05, 0) is 33.9 Å². The summed E-state index contributed by atoms with van der Waals surface area (Å²) in [6, 6.07) is 1.69. The molecule has 1 atom stereocenters. The van der Waals surface area contributed by atoms with Gasteiger partial charge in [-0.3, -0.25) is 0 Å². The van der Waals surface area contributed by atoms with Crippen molar-refractivity contribution >= 4 is 15.9 Å². The lowest BCUT2D eigenvalue weighted by Crippen LogP contribution is -2.40. The van der Waals surface area contributed by atoms with Crippen LogP contribution in [-0.2, 0) is 16.8 Å². The minimum Gasteiger partial charge on any atom is -0.305 e. The van der Waals surface area contributed by atoms with Gasteiger partial charge in [-0.25, -0.2) is 9.50 Å². The van der Waals surface area contributed by atoms with Crippen LogP contribution in [0.5, 0.6) is 0 Å². The number of hydrogen-bond donors (Lipinski definition) is 0. The quantitative estimate of drug-likeness (QED) is 0.791. The Kier molecular flexibility index (Phi) is 4.84. The monoisotopic (exact) mass is 366 g/mol. The third-order valence-corrected chi connectivity index (χ3v) is 6.44. The van der Waals surface area contributed by atoms with Crippen LogP contribution in [0.3, 0.4) is 0 Å². The van der Waals surface area contributed by atoms with Gasteiger partial charge in [0.2, 0.25) is 0 Å². The zero-order valence-corrected chi connectivity index (χ0v) is 16.3. The molecule has 25 heavy (non-hydrogen) atoms. The minimum absolute atomic E-state index is 0.229. The van der Waals surface area contributed by atoms with E-state index in [0.29, 0.717) is 13.1 Å². The lowest BCUT2D eigenvalue weighted by Gasteiger charge is -2.29. The average Bonchev–Trinajstić information content (AvgIpc) is 3.12. The molecule has 2 aromatic rings. The topological polar surface area (TPSA) is 74.1 Å². The number of rotatable bonds is 5. The van der Waals surface area contributed by atoms with Crippen LogP contribution in [0, 0.1) is 6.92 Å². The number of aromatic nitrogens is 3. The van der Waals surface area contributed by atoms with Gasteiger partial charge in [0, 0.05) is 45.0 Å². The molecular weight excluding hydrogens is 340 g/mol. The Morgan fingerprint density at radius 2 is 2.00 bits per heavy atom. The minimum atomic E-state index is -3.49. The van der Waals surface area contributed by atoms with Gasteiger partial charge < -0.3 is 4.90 Å². The Bertz CT molecular complexity index is 874. The highest BCUT2D eigenvalue weighted by Gasteiger charge is 2.39. The molecule has 9 heteroatoms. The molecule has 1 aliphatic heterocycles. The van der Waals surface area contributed by atoms with Gasteiger partial charge in [-0.2, -0.15) is 22.1 Å². The summed E-state index contributed by atoms with van der Waals surface area (Å²) in [4.78, 5) is 6.56. The second kappa shape index (κ2) is 6.64. The maximum Gasteiger partial charge on any atom is 0.282 e. The fourth-order valence-corrected chi connectivity index (χ4v) is 4.72. The van der Waals surface area contributed by atoms with E-state index in [-0.39, 0.29) is 6.04 Å². The van der Waals surface area contributed by atoms with E-state index in [9.17, 15) is 8.42 Å². The molecule has 0 aliphatic carbocycles. The van der Waals surface area contributed by atoms with E-state index < -0.39 is 10.2 Å². The SMILES string of the molecule is Cc1cc2ncc(CN(C)C)c([C@@H]3CCCN3S(=O)(=O)N(C)C)n2n1. The fraction of sp³-hybridized carbons (Fsp3) is 0.625. The summed E-state index contributed by atoms with van der Waals surface area (Å²) in [5.74, 6) is 0. The van der Waals surface area contributed by atoms with Crippen LogP contribution in [0.2, 0.25) is 0 Å². The van der Waals surface area contributed by atoms with Gasteiger partial charge in [0.15, 0.2) is 5.65 Å². The lowest BCUT2D eigenvalue weighted by atomic mass is 10.1. The molecule has 0 N–H and O–H groups in total. The summed E-state index contributed by atoms with van der Waals surface area (Å²) in [5.41, 5.74) is 3.56. The Morgan fingerprint density at radius 3 is 2.64 bits per heavy atom. The summed E-state index contributed by atoms with van der Waals surface area (Å²) in [5, 5.41) is 4.59. The first-order valence-corrected chi connectivity index (χ1v) is 9.79. The molecular formula is C16H26N6O2S. The maximum absolute atomic E-state index is 12.8. The van der Waals surface area contributed by atoms with Gasteiger partial charge >= 0.3 is 0 Å². The number of hydrogen-bond acceptors (Lipinski definition) is 5. The van der Waals surface area contributed by atoms with Crippen molar-refractivity contribution in [3.63, 3.8) is 0 Å². The van der Waals surface area contributed by atoms with E-state index >= 15 is 0 Å². The number of fused-ring (bicyclic) bond motifs is 1. The molecule has 0 amide bonds. The summed E-state index contributed by atoms with van der Waals surface area (Å²) >= 11 is 0. The van der Waals surface area contributed by atoms with Crippen LogP contribution < -0.4 is 0 Å². The normalized spacial score (nSPS) is 19.6. The summed E-state index contributed by atoms with van der Waals surface area (Å²) in [6.45, 7) is 3.13. The molecule has 1 fully saturated rings. The van der Waals surface area contributed by atoms with E-state index in [2.05, 4.69) is 15.0 Å². The van der Waals surface area contributed by atoms with E-state index in [1.807, 2.05) is 37.8 Å². The van der Waals surface area contributed by atoms with Crippen molar-refractivity contribution in [3.05, 3.63) is 29.2 Å². The van der Waals surface area contributed by atoms with Gasteiger partial charge in [-0.1, -0.05) is 0 Å². The maximum atomic E-state index is 12.8. The Balaban J connectivity index is 2.18. The first-order valence-electron chi connectivity index (χ1n) is 8.40. The predicted molar refractivity (Wildman–Crippen MR) is 96.4 cm³/mol. The summed E-state index contributed by atoms with van der Waals surface area (Å²) < 4.78 is 30.3. The molecule has 8 nitrogen and oxygen atoms in total. The molecule has 0 radical (unpaired) electrons. The molecule has 0 bridgehead atoms. The molecule has 2 aromatic heterocycles. The Hall–Kier alpha value is -1.55. The van der Waals surface area contributed by atoms with Crippen LogP contribution >= 0.6 is 0 Å². The summed E-state index contributed by atoms with van der Waals surface area (Å²) in [7, 11) is 3.64. The largest absolute Gasteiger partial charge is 0.305 e. The van der Waals surface area contributed by atoms with Gasteiger partial charge in [-0.15, -0.1) is 0 Å². The molecule has 0 spiro atoms. The Labute approximate surface area is 149 Å². The standard InChI is InChI=1S/C16H26N6O2S/c1-12-9-15-17-10-13(11-19(2)3)16(22(15)18-12)14-7-6-8-21(14)25(23,24)20(4)5/h9-10,14H,6-8,11H2,1-5H3/t14-/m0/s1. The van der Waals surface area contributed by atoms with Crippen molar-refractivity contribution in [2.45, 2.75) is 32.4 Å². The highest BCUT2D eigenvalue weighted by Crippen LogP contribution is 2.36. The van der Waals surface area contributed by atoms with Crippen molar-refractivity contribution in [2.24, 2.45) is 0 Å². The molecule has 3 rings (SSSR count). The van der Waals surface area contributed by atoms with Crippen molar-refractivity contribution in [3.8, 4) is 0 Å². The van der Waals surface area contributed by atoms with Crippen LogP contribution in [0.4, 0.5) is 0 Å². The van der Waals surface area contributed by atoms with Gasteiger partial charge in [0.05, 0.1) is 17.4 Å². The molecule has 0 aromatic carbocycles. The van der Waals surface area contributed by atoms with E-state index in [1.165, 1.54) is 4.31 Å². The molecule has 3 heterocycles. The Morgan fingerprint density at radius 1 is 1.28 bits per heavy atom. The van der Waals surface area contributed by atoms with Crippen LogP contribution in [-0.4, -0.2) is 71.3 Å². The third kappa shape index (κ3) is 3.29. The van der Waals surface area contributed by atoms with Gasteiger partial charge in [0.25, 0.3) is 10.2 Å². The van der Waals surface area contributed by atoms with Crippen LogP contribution in [0.15, 0.2) is 12.3 Å². The van der Waals surface area contributed by atoms with Gasteiger partial charge in [0.1, 0.15) is 0 Å². The molecule has 1 aliphatic rings. The second-order valence-electron chi connectivity index (χ2n) is 7.02. The number of nitrogens with zero attached hydrogens (tertiary/aromatic N) is 6. The average molecular weight is 366 g/mol.